The van der Waals surface area contributed by atoms with Gasteiger partial charge in [-0.25, -0.2) is 0 Å². The van der Waals surface area contributed by atoms with E-state index < -0.39 is 0 Å². The number of likely N-dealkylation sites (tertiary alicyclic amines) is 1. The number of rotatable bonds is 5. The largest absolute Gasteiger partial charge is 0.339 e. The van der Waals surface area contributed by atoms with Gasteiger partial charge in [0.15, 0.2) is 11.5 Å². The fraction of sp³-hybridized carbons (Fsp3) is 0.682. The monoisotopic (exact) mass is 396 g/mol. The van der Waals surface area contributed by atoms with E-state index >= 15 is 0 Å². The number of fused-ring (bicyclic) bond motifs is 1. The van der Waals surface area contributed by atoms with E-state index in [1.807, 2.05) is 23.2 Å². The summed E-state index contributed by atoms with van der Waals surface area (Å²) in [6, 6.07) is 4.48. The maximum Gasteiger partial charge on any atom is 0.255 e. The third kappa shape index (κ3) is 3.78. The zero-order valence-corrected chi connectivity index (χ0v) is 17.6. The van der Waals surface area contributed by atoms with Crippen LogP contribution in [-0.4, -0.2) is 80.5 Å². The lowest BCUT2D eigenvalue weighted by Gasteiger charge is -2.42. The van der Waals surface area contributed by atoms with Gasteiger partial charge in [0.1, 0.15) is 0 Å². The van der Waals surface area contributed by atoms with Crippen LogP contribution in [0.2, 0.25) is 0 Å². The van der Waals surface area contributed by atoms with Gasteiger partial charge in [0, 0.05) is 51.5 Å². The van der Waals surface area contributed by atoms with Crippen LogP contribution in [0.4, 0.5) is 0 Å². The van der Waals surface area contributed by atoms with Gasteiger partial charge in [-0.2, -0.15) is 0 Å². The van der Waals surface area contributed by atoms with Crippen LogP contribution in [0.3, 0.4) is 0 Å². The SMILES string of the molecule is CC(C)N1CCN(CC2CC2)C[C@@H]1c1nnc2ccc(C(=O)N3CCCC3)cn12. The zero-order chi connectivity index (χ0) is 20.0. The summed E-state index contributed by atoms with van der Waals surface area (Å²) in [5.41, 5.74) is 1.56. The molecule has 1 amide bonds. The summed E-state index contributed by atoms with van der Waals surface area (Å²) in [5.74, 6) is 1.98. The van der Waals surface area contributed by atoms with Crippen molar-refractivity contribution in [2.75, 3.05) is 39.3 Å². The second-order valence-corrected chi connectivity index (χ2v) is 9.25. The number of piperazine rings is 1. The standard InChI is InChI=1S/C22H32N6O/c1-16(2)27-12-11-25(13-17-5-6-17)15-19(27)21-24-23-20-8-7-18(14-28(20)21)22(29)26-9-3-4-10-26/h7-8,14,16-17,19H,3-6,9-13,15H2,1-2H3/t19-/m1/s1. The van der Waals surface area contributed by atoms with Crippen molar-refractivity contribution in [1.82, 2.24) is 29.3 Å². The molecule has 4 heterocycles. The quantitative estimate of drug-likeness (QED) is 0.777. The van der Waals surface area contributed by atoms with E-state index in [0.717, 1.165) is 68.5 Å². The van der Waals surface area contributed by atoms with Gasteiger partial charge in [0.25, 0.3) is 5.91 Å². The normalized spacial score (nSPS) is 24.1. The molecule has 1 atom stereocenters. The van der Waals surface area contributed by atoms with Crippen molar-refractivity contribution >= 4 is 11.6 Å². The highest BCUT2D eigenvalue weighted by molar-refractivity contribution is 5.94. The maximum absolute atomic E-state index is 12.9. The van der Waals surface area contributed by atoms with Gasteiger partial charge in [-0.15, -0.1) is 10.2 Å². The molecule has 1 aliphatic carbocycles. The second kappa shape index (κ2) is 7.69. The number of carbonyl (C=O) groups excluding carboxylic acids is 1. The summed E-state index contributed by atoms with van der Waals surface area (Å²) in [6.07, 6.45) is 6.93. The van der Waals surface area contributed by atoms with Crippen LogP contribution in [0.1, 0.15) is 61.8 Å². The minimum Gasteiger partial charge on any atom is -0.339 e. The van der Waals surface area contributed by atoms with Crippen molar-refractivity contribution in [3.05, 3.63) is 29.7 Å². The average Bonchev–Trinajstić information content (AvgIpc) is 3.20. The van der Waals surface area contributed by atoms with Gasteiger partial charge >= 0.3 is 0 Å². The molecule has 1 saturated carbocycles. The van der Waals surface area contributed by atoms with Crippen molar-refractivity contribution in [3.8, 4) is 0 Å². The molecular weight excluding hydrogens is 364 g/mol. The summed E-state index contributed by atoms with van der Waals surface area (Å²) < 4.78 is 2.06. The van der Waals surface area contributed by atoms with E-state index in [1.165, 1.54) is 19.4 Å². The van der Waals surface area contributed by atoms with Crippen molar-refractivity contribution in [2.45, 2.75) is 51.6 Å². The number of carbonyl (C=O) groups is 1. The molecule has 0 radical (unpaired) electrons. The number of amides is 1. The van der Waals surface area contributed by atoms with Gasteiger partial charge < -0.3 is 4.90 Å². The smallest absolute Gasteiger partial charge is 0.255 e. The molecule has 2 aliphatic heterocycles. The Morgan fingerprint density at radius 1 is 1.10 bits per heavy atom. The molecule has 7 heteroatoms. The summed E-state index contributed by atoms with van der Waals surface area (Å²) in [4.78, 5) is 20.0. The molecule has 2 aromatic heterocycles. The summed E-state index contributed by atoms with van der Waals surface area (Å²) >= 11 is 0. The van der Waals surface area contributed by atoms with Crippen LogP contribution >= 0.6 is 0 Å². The predicted octanol–water partition coefficient (Wildman–Crippen LogP) is 2.44. The Balaban J connectivity index is 1.46. The minimum atomic E-state index is 0.128. The molecule has 0 unspecified atom stereocenters. The fourth-order valence-electron chi connectivity index (χ4n) is 4.90. The molecular formula is C22H32N6O. The molecule has 3 fully saturated rings. The highest BCUT2D eigenvalue weighted by Gasteiger charge is 2.35. The van der Waals surface area contributed by atoms with Gasteiger partial charge in [0.2, 0.25) is 0 Å². The molecule has 0 bridgehead atoms. The van der Waals surface area contributed by atoms with Crippen LogP contribution < -0.4 is 0 Å². The van der Waals surface area contributed by atoms with E-state index in [9.17, 15) is 4.79 Å². The molecule has 7 nitrogen and oxygen atoms in total. The third-order valence-electron chi connectivity index (χ3n) is 6.75. The van der Waals surface area contributed by atoms with Crippen molar-refractivity contribution in [3.63, 3.8) is 0 Å². The third-order valence-corrected chi connectivity index (χ3v) is 6.75. The summed E-state index contributed by atoms with van der Waals surface area (Å²) in [7, 11) is 0. The highest BCUT2D eigenvalue weighted by atomic mass is 16.2. The fourth-order valence-corrected chi connectivity index (χ4v) is 4.90. The van der Waals surface area contributed by atoms with Gasteiger partial charge in [-0.1, -0.05) is 0 Å². The Kier molecular flexibility index (Phi) is 5.04. The first-order chi connectivity index (χ1) is 14.1. The lowest BCUT2D eigenvalue weighted by atomic mass is 10.1. The Morgan fingerprint density at radius 2 is 1.90 bits per heavy atom. The first kappa shape index (κ1) is 19.0. The van der Waals surface area contributed by atoms with Gasteiger partial charge in [0.05, 0.1) is 11.6 Å². The molecule has 0 aromatic carbocycles. The Morgan fingerprint density at radius 3 is 2.62 bits per heavy atom. The molecule has 5 rings (SSSR count). The van der Waals surface area contributed by atoms with E-state index in [0.29, 0.717) is 6.04 Å². The van der Waals surface area contributed by atoms with E-state index in [2.05, 4.69) is 38.2 Å². The maximum atomic E-state index is 12.9. The minimum absolute atomic E-state index is 0.128. The van der Waals surface area contributed by atoms with Gasteiger partial charge in [-0.3, -0.25) is 19.0 Å². The number of aromatic nitrogens is 3. The van der Waals surface area contributed by atoms with E-state index in [-0.39, 0.29) is 11.9 Å². The number of hydrogen-bond acceptors (Lipinski definition) is 5. The summed E-state index contributed by atoms with van der Waals surface area (Å²) in [6.45, 7) is 10.6. The topological polar surface area (TPSA) is 57.0 Å². The lowest BCUT2D eigenvalue weighted by Crippen LogP contribution is -2.51. The first-order valence-electron chi connectivity index (χ1n) is 11.2. The Labute approximate surface area is 172 Å². The molecule has 3 aliphatic rings. The van der Waals surface area contributed by atoms with Crippen molar-refractivity contribution in [1.29, 1.82) is 0 Å². The van der Waals surface area contributed by atoms with E-state index in [4.69, 9.17) is 0 Å². The lowest BCUT2D eigenvalue weighted by molar-refractivity contribution is 0.0437. The van der Waals surface area contributed by atoms with Crippen LogP contribution in [0.25, 0.3) is 5.65 Å². The number of pyridine rings is 1. The van der Waals surface area contributed by atoms with Crippen LogP contribution in [0, 0.1) is 5.92 Å². The highest BCUT2D eigenvalue weighted by Crippen LogP contribution is 2.33. The first-order valence-corrected chi connectivity index (χ1v) is 11.2. The predicted molar refractivity (Wildman–Crippen MR) is 112 cm³/mol. The molecule has 29 heavy (non-hydrogen) atoms. The Hall–Kier alpha value is -1.99. The van der Waals surface area contributed by atoms with Gasteiger partial charge in [-0.05, 0) is 57.6 Å². The number of hydrogen-bond donors (Lipinski definition) is 0. The molecule has 2 aromatic rings. The molecule has 2 saturated heterocycles. The Bertz CT molecular complexity index is 883. The van der Waals surface area contributed by atoms with Crippen LogP contribution in [0.5, 0.6) is 0 Å². The summed E-state index contributed by atoms with van der Waals surface area (Å²) in [5, 5.41) is 9.03. The average molecular weight is 397 g/mol. The van der Waals surface area contributed by atoms with Crippen molar-refractivity contribution in [2.24, 2.45) is 5.92 Å². The number of nitrogens with zero attached hydrogens (tertiary/aromatic N) is 6. The van der Waals surface area contributed by atoms with Crippen LogP contribution in [-0.2, 0) is 0 Å². The molecule has 0 spiro atoms. The molecule has 0 N–H and O–H groups in total. The van der Waals surface area contributed by atoms with Crippen LogP contribution in [0.15, 0.2) is 18.3 Å². The molecule has 156 valence electrons. The van der Waals surface area contributed by atoms with E-state index in [1.54, 1.807) is 0 Å². The zero-order valence-electron chi connectivity index (χ0n) is 17.6. The van der Waals surface area contributed by atoms with Crippen molar-refractivity contribution < 1.29 is 4.79 Å². The second-order valence-electron chi connectivity index (χ2n) is 9.25.